The number of halogens is 1. The molecule has 1 aliphatic rings. The molecule has 1 amide bonds. The van der Waals surface area contributed by atoms with Gasteiger partial charge in [-0.15, -0.1) is 0 Å². The molecule has 0 fully saturated rings. The van der Waals surface area contributed by atoms with Crippen LogP contribution in [0.4, 0.5) is 11.5 Å². The number of methoxy groups -OCH3 is 1. The van der Waals surface area contributed by atoms with Crippen LogP contribution in [0, 0.1) is 0 Å². The third-order valence-electron chi connectivity index (χ3n) is 4.84. The van der Waals surface area contributed by atoms with Crippen LogP contribution in [0.1, 0.15) is 11.1 Å². The maximum absolute atomic E-state index is 12.3. The van der Waals surface area contributed by atoms with Crippen LogP contribution in [0.2, 0.25) is 5.02 Å². The van der Waals surface area contributed by atoms with Gasteiger partial charge in [-0.3, -0.25) is 4.79 Å². The van der Waals surface area contributed by atoms with Crippen molar-refractivity contribution in [3.8, 4) is 5.75 Å². The van der Waals surface area contributed by atoms with E-state index in [0.29, 0.717) is 21.6 Å². The lowest BCUT2D eigenvalue weighted by atomic mass is 10.00. The molecule has 0 atom stereocenters. The number of thioether (sulfide) groups is 1. The molecule has 0 saturated carbocycles. The summed E-state index contributed by atoms with van der Waals surface area (Å²) >= 11 is 7.41. The SMILES string of the molecule is COc1ccc(NC(=O)CSc2nccc(N3CCc4ccccc4C3)n2)cc1Cl. The Hall–Kier alpha value is -2.77. The van der Waals surface area contributed by atoms with Gasteiger partial charge in [0.1, 0.15) is 11.6 Å². The van der Waals surface area contributed by atoms with E-state index >= 15 is 0 Å². The molecule has 1 aliphatic heterocycles. The number of anilines is 2. The van der Waals surface area contributed by atoms with Gasteiger partial charge in [-0.05, 0) is 41.8 Å². The summed E-state index contributed by atoms with van der Waals surface area (Å²) in [6.45, 7) is 1.74. The fourth-order valence-corrected chi connectivity index (χ4v) is 4.22. The number of aromatic nitrogens is 2. The average Bonchev–Trinajstić information content (AvgIpc) is 2.78. The third-order valence-corrected chi connectivity index (χ3v) is 6.00. The summed E-state index contributed by atoms with van der Waals surface area (Å²) in [4.78, 5) is 23.5. The largest absolute Gasteiger partial charge is 0.495 e. The molecule has 154 valence electrons. The van der Waals surface area contributed by atoms with Crippen LogP contribution in [-0.4, -0.2) is 35.3 Å². The topological polar surface area (TPSA) is 67.3 Å². The molecule has 30 heavy (non-hydrogen) atoms. The van der Waals surface area contributed by atoms with Crippen LogP contribution in [0.5, 0.6) is 5.75 Å². The Morgan fingerprint density at radius 3 is 2.87 bits per heavy atom. The Morgan fingerprint density at radius 1 is 1.23 bits per heavy atom. The Labute approximate surface area is 184 Å². The van der Waals surface area contributed by atoms with Crippen molar-refractivity contribution in [1.82, 2.24) is 9.97 Å². The van der Waals surface area contributed by atoms with E-state index in [4.69, 9.17) is 16.3 Å². The highest BCUT2D eigenvalue weighted by atomic mass is 35.5. The van der Waals surface area contributed by atoms with E-state index in [1.54, 1.807) is 31.5 Å². The molecular formula is C22H21ClN4O2S. The number of hydrogen-bond donors (Lipinski definition) is 1. The van der Waals surface area contributed by atoms with Crippen molar-refractivity contribution >= 4 is 40.8 Å². The molecular weight excluding hydrogens is 420 g/mol. The fourth-order valence-electron chi connectivity index (χ4n) is 3.34. The fraction of sp³-hybridized carbons (Fsp3) is 0.227. The molecule has 0 bridgehead atoms. The van der Waals surface area contributed by atoms with E-state index < -0.39 is 0 Å². The highest BCUT2D eigenvalue weighted by molar-refractivity contribution is 7.99. The number of nitrogens with zero attached hydrogens (tertiary/aromatic N) is 3. The Kier molecular flexibility index (Phi) is 6.40. The van der Waals surface area contributed by atoms with Crippen LogP contribution in [0.15, 0.2) is 59.9 Å². The second kappa shape index (κ2) is 9.36. The molecule has 0 unspecified atom stereocenters. The highest BCUT2D eigenvalue weighted by Gasteiger charge is 2.17. The number of benzene rings is 2. The van der Waals surface area contributed by atoms with Crippen molar-refractivity contribution in [1.29, 1.82) is 0 Å². The first-order chi connectivity index (χ1) is 14.6. The minimum Gasteiger partial charge on any atom is -0.495 e. The molecule has 3 aromatic rings. The summed E-state index contributed by atoms with van der Waals surface area (Å²) in [6, 6.07) is 15.5. The number of ether oxygens (including phenoxy) is 1. The van der Waals surface area contributed by atoms with E-state index in [9.17, 15) is 4.79 Å². The lowest BCUT2D eigenvalue weighted by molar-refractivity contribution is -0.113. The maximum Gasteiger partial charge on any atom is 0.234 e. The van der Waals surface area contributed by atoms with Crippen molar-refractivity contribution in [2.24, 2.45) is 0 Å². The normalized spacial score (nSPS) is 12.9. The van der Waals surface area contributed by atoms with Gasteiger partial charge in [-0.2, -0.15) is 0 Å². The monoisotopic (exact) mass is 440 g/mol. The molecule has 0 saturated heterocycles. The minimum absolute atomic E-state index is 0.151. The predicted molar refractivity (Wildman–Crippen MR) is 121 cm³/mol. The molecule has 6 nitrogen and oxygen atoms in total. The van der Waals surface area contributed by atoms with E-state index in [0.717, 1.165) is 25.3 Å². The lowest BCUT2D eigenvalue weighted by Gasteiger charge is -2.29. The molecule has 8 heteroatoms. The van der Waals surface area contributed by atoms with Crippen molar-refractivity contribution < 1.29 is 9.53 Å². The number of fused-ring (bicyclic) bond motifs is 1. The van der Waals surface area contributed by atoms with Crippen LogP contribution < -0.4 is 15.0 Å². The van der Waals surface area contributed by atoms with Gasteiger partial charge in [0.15, 0.2) is 5.16 Å². The summed E-state index contributed by atoms with van der Waals surface area (Å²) < 4.78 is 5.12. The predicted octanol–water partition coefficient (Wildman–Crippen LogP) is 4.43. The zero-order valence-corrected chi connectivity index (χ0v) is 18.0. The van der Waals surface area contributed by atoms with Crippen molar-refractivity contribution in [2.45, 2.75) is 18.1 Å². The van der Waals surface area contributed by atoms with Crippen LogP contribution in [0.3, 0.4) is 0 Å². The van der Waals surface area contributed by atoms with Gasteiger partial charge in [-0.25, -0.2) is 9.97 Å². The van der Waals surface area contributed by atoms with Crippen LogP contribution >= 0.6 is 23.4 Å². The maximum atomic E-state index is 12.3. The van der Waals surface area contributed by atoms with Gasteiger partial charge >= 0.3 is 0 Å². The minimum atomic E-state index is -0.151. The molecule has 4 rings (SSSR count). The standard InChI is InChI=1S/C22H21ClN4O2S/c1-29-19-7-6-17(12-18(19)23)25-21(28)14-30-22-24-10-8-20(26-22)27-11-9-15-4-2-3-5-16(15)13-27/h2-8,10,12H,9,11,13-14H2,1H3,(H,25,28). The Balaban J connectivity index is 1.36. The van der Waals surface area contributed by atoms with E-state index in [-0.39, 0.29) is 11.7 Å². The molecule has 2 heterocycles. The second-order valence-electron chi connectivity index (χ2n) is 6.82. The third kappa shape index (κ3) is 4.86. The average molecular weight is 441 g/mol. The van der Waals surface area contributed by atoms with Crippen molar-refractivity contribution in [3.63, 3.8) is 0 Å². The molecule has 0 radical (unpaired) electrons. The van der Waals surface area contributed by atoms with E-state index in [2.05, 4.69) is 44.5 Å². The van der Waals surface area contributed by atoms with Gasteiger partial charge in [0.25, 0.3) is 0 Å². The van der Waals surface area contributed by atoms with Gasteiger partial charge in [-0.1, -0.05) is 47.6 Å². The van der Waals surface area contributed by atoms with Crippen LogP contribution in [-0.2, 0) is 17.8 Å². The summed E-state index contributed by atoms with van der Waals surface area (Å²) in [6.07, 6.45) is 2.74. The number of carbonyl (C=O) groups is 1. The quantitative estimate of drug-likeness (QED) is 0.451. The van der Waals surface area contributed by atoms with Crippen molar-refractivity contribution in [3.05, 3.63) is 70.9 Å². The molecule has 1 aromatic heterocycles. The number of amides is 1. The van der Waals surface area contributed by atoms with Gasteiger partial charge < -0.3 is 15.0 Å². The highest BCUT2D eigenvalue weighted by Crippen LogP contribution is 2.28. The van der Waals surface area contributed by atoms with Gasteiger partial charge in [0.05, 0.1) is 17.9 Å². The number of carbonyl (C=O) groups excluding carboxylic acids is 1. The lowest BCUT2D eigenvalue weighted by Crippen LogP contribution is -2.31. The molecule has 1 N–H and O–H groups in total. The molecule has 2 aromatic carbocycles. The first-order valence-electron chi connectivity index (χ1n) is 9.53. The first-order valence-corrected chi connectivity index (χ1v) is 10.9. The van der Waals surface area contributed by atoms with Gasteiger partial charge in [0.2, 0.25) is 5.91 Å². The summed E-state index contributed by atoms with van der Waals surface area (Å²) in [5.74, 6) is 1.50. The zero-order chi connectivity index (χ0) is 20.9. The summed E-state index contributed by atoms with van der Waals surface area (Å²) in [5.41, 5.74) is 3.34. The van der Waals surface area contributed by atoms with Crippen molar-refractivity contribution in [2.75, 3.05) is 29.6 Å². The summed E-state index contributed by atoms with van der Waals surface area (Å²) in [5, 5.41) is 3.85. The van der Waals surface area contributed by atoms with Crippen LogP contribution in [0.25, 0.3) is 0 Å². The number of rotatable bonds is 6. The first kappa shape index (κ1) is 20.5. The summed E-state index contributed by atoms with van der Waals surface area (Å²) in [7, 11) is 1.55. The Morgan fingerprint density at radius 2 is 2.07 bits per heavy atom. The van der Waals surface area contributed by atoms with Gasteiger partial charge in [0, 0.05) is 25.0 Å². The Bertz CT molecular complexity index is 1060. The molecule has 0 aliphatic carbocycles. The smallest absolute Gasteiger partial charge is 0.234 e. The van der Waals surface area contributed by atoms with E-state index in [1.165, 1.54) is 22.9 Å². The van der Waals surface area contributed by atoms with E-state index in [1.807, 2.05) is 6.07 Å². The second-order valence-corrected chi connectivity index (χ2v) is 8.17. The zero-order valence-electron chi connectivity index (χ0n) is 16.5. The molecule has 0 spiro atoms. The number of nitrogens with one attached hydrogen (secondary N) is 1. The number of hydrogen-bond acceptors (Lipinski definition) is 6.